The third-order valence-corrected chi connectivity index (χ3v) is 4.14. The molecule has 152 valence electrons. The van der Waals surface area contributed by atoms with Crippen molar-refractivity contribution < 1.29 is 23.7 Å². The van der Waals surface area contributed by atoms with E-state index in [1.54, 1.807) is 42.5 Å². The first-order chi connectivity index (χ1) is 14.5. The zero-order valence-electron chi connectivity index (χ0n) is 15.9. The molecule has 1 heterocycles. The number of hydrogen-bond acceptors (Lipinski definition) is 7. The maximum atomic E-state index is 12.0. The number of nitro groups is 1. The summed E-state index contributed by atoms with van der Waals surface area (Å²) in [6.45, 7) is 0. The monoisotopic (exact) mass is 407 g/mol. The van der Waals surface area contributed by atoms with Crippen molar-refractivity contribution in [3.63, 3.8) is 0 Å². The fraction of sp³-hybridized carbons (Fsp3) is 0.0952. The highest BCUT2D eigenvalue weighted by atomic mass is 16.6. The molecule has 0 atom stereocenters. The summed E-state index contributed by atoms with van der Waals surface area (Å²) in [5.41, 5.74) is 3.67. The van der Waals surface area contributed by atoms with Crippen molar-refractivity contribution in [2.45, 2.75) is 6.42 Å². The number of ether oxygens (including phenoxy) is 1. The van der Waals surface area contributed by atoms with Crippen LogP contribution in [0.4, 0.5) is 5.69 Å². The Bertz CT molecular complexity index is 1100. The number of benzene rings is 2. The minimum absolute atomic E-state index is 0.120. The summed E-state index contributed by atoms with van der Waals surface area (Å²) in [6.07, 6.45) is 1.15. The van der Waals surface area contributed by atoms with Crippen molar-refractivity contribution in [3.05, 3.63) is 87.7 Å². The van der Waals surface area contributed by atoms with Gasteiger partial charge in [-0.15, -0.1) is 0 Å². The molecule has 0 saturated carbocycles. The lowest BCUT2D eigenvalue weighted by molar-refractivity contribution is -0.385. The smallest absolute Gasteiger partial charge is 0.337 e. The number of carbonyl (C=O) groups excluding carboxylic acids is 2. The topological polar surface area (TPSA) is 124 Å². The van der Waals surface area contributed by atoms with Crippen molar-refractivity contribution in [2.24, 2.45) is 5.10 Å². The van der Waals surface area contributed by atoms with Crippen molar-refractivity contribution in [2.75, 3.05) is 7.11 Å². The summed E-state index contributed by atoms with van der Waals surface area (Å²) in [5, 5.41) is 14.8. The number of furan rings is 1. The van der Waals surface area contributed by atoms with E-state index < -0.39 is 16.8 Å². The lowest BCUT2D eigenvalue weighted by Gasteiger charge is -2.01. The highest BCUT2D eigenvalue weighted by molar-refractivity contribution is 5.90. The quantitative estimate of drug-likeness (QED) is 0.277. The number of amides is 1. The average Bonchev–Trinajstić information content (AvgIpc) is 3.22. The number of nitrogens with zero attached hydrogens (tertiary/aromatic N) is 2. The highest BCUT2D eigenvalue weighted by Gasteiger charge is 2.15. The molecule has 30 heavy (non-hydrogen) atoms. The standard InChI is InChI=1S/C21H17N3O6/c1-29-21(26)15-8-6-14(7-9-15)19-11-10-17(30-19)13-22-23-20(25)12-16-4-2-3-5-18(16)24(27)28/h2-11,13H,12H2,1H3,(H,23,25)/b22-13+. The number of methoxy groups -OCH3 is 1. The number of esters is 1. The number of carbonyl (C=O) groups is 2. The normalized spacial score (nSPS) is 10.7. The van der Waals surface area contributed by atoms with Gasteiger partial charge in [-0.1, -0.05) is 30.3 Å². The zero-order valence-corrected chi connectivity index (χ0v) is 15.9. The molecule has 0 spiro atoms. The number of hydrazone groups is 1. The fourth-order valence-electron chi connectivity index (χ4n) is 2.68. The van der Waals surface area contributed by atoms with Crippen LogP contribution in [0, 0.1) is 10.1 Å². The van der Waals surface area contributed by atoms with E-state index in [0.29, 0.717) is 22.6 Å². The van der Waals surface area contributed by atoms with Crippen molar-refractivity contribution in [1.82, 2.24) is 5.43 Å². The second-order valence-electron chi connectivity index (χ2n) is 6.13. The van der Waals surface area contributed by atoms with Crippen LogP contribution in [0.3, 0.4) is 0 Å². The van der Waals surface area contributed by atoms with Crippen LogP contribution in [0.2, 0.25) is 0 Å². The molecule has 9 nitrogen and oxygen atoms in total. The predicted molar refractivity (Wildman–Crippen MR) is 108 cm³/mol. The second-order valence-corrected chi connectivity index (χ2v) is 6.13. The Labute approximate surface area is 171 Å². The molecule has 9 heteroatoms. The Morgan fingerprint density at radius 1 is 1.13 bits per heavy atom. The van der Waals surface area contributed by atoms with Crippen LogP contribution < -0.4 is 5.43 Å². The number of para-hydroxylation sites is 1. The molecule has 1 N–H and O–H groups in total. The van der Waals surface area contributed by atoms with Gasteiger partial charge >= 0.3 is 5.97 Å². The summed E-state index contributed by atoms with van der Waals surface area (Å²) in [4.78, 5) is 33.9. The van der Waals surface area contributed by atoms with E-state index in [-0.39, 0.29) is 12.1 Å². The predicted octanol–water partition coefficient (Wildman–Crippen LogP) is 3.33. The first-order valence-corrected chi connectivity index (χ1v) is 8.80. The molecule has 3 aromatic rings. The second kappa shape index (κ2) is 9.28. The Morgan fingerprint density at radius 2 is 1.87 bits per heavy atom. The molecule has 2 aromatic carbocycles. The third kappa shape index (κ3) is 4.96. The van der Waals surface area contributed by atoms with Gasteiger partial charge in [-0.25, -0.2) is 10.2 Å². The number of rotatable bonds is 7. The van der Waals surface area contributed by atoms with Gasteiger partial charge in [0.25, 0.3) is 5.69 Å². The SMILES string of the molecule is COC(=O)c1ccc(-c2ccc(/C=N/NC(=O)Cc3ccccc3[N+](=O)[O-])o2)cc1. The number of nitro benzene ring substituents is 1. The van der Waals surface area contributed by atoms with E-state index in [4.69, 9.17) is 4.42 Å². The van der Waals surface area contributed by atoms with E-state index in [1.807, 2.05) is 0 Å². The van der Waals surface area contributed by atoms with Crippen LogP contribution in [-0.2, 0) is 16.0 Å². The summed E-state index contributed by atoms with van der Waals surface area (Å²) in [6, 6.07) is 16.1. The van der Waals surface area contributed by atoms with Gasteiger partial charge in [-0.05, 0) is 24.3 Å². The van der Waals surface area contributed by atoms with Gasteiger partial charge in [0.05, 0.1) is 30.2 Å². The van der Waals surface area contributed by atoms with E-state index in [1.165, 1.54) is 31.5 Å². The van der Waals surface area contributed by atoms with Gasteiger partial charge < -0.3 is 9.15 Å². The van der Waals surface area contributed by atoms with Gasteiger partial charge in [-0.3, -0.25) is 14.9 Å². The summed E-state index contributed by atoms with van der Waals surface area (Å²) in [7, 11) is 1.31. The molecule has 1 amide bonds. The molecule has 1 aromatic heterocycles. The molecule has 0 bridgehead atoms. The summed E-state index contributed by atoms with van der Waals surface area (Å²) >= 11 is 0. The molecule has 3 rings (SSSR count). The Kier molecular flexibility index (Phi) is 6.33. The molecule has 0 radical (unpaired) electrons. The Balaban J connectivity index is 1.60. The van der Waals surface area contributed by atoms with E-state index in [2.05, 4.69) is 15.3 Å². The minimum atomic E-state index is -0.534. The Hall–Kier alpha value is -4.27. The maximum Gasteiger partial charge on any atom is 0.337 e. The van der Waals surface area contributed by atoms with E-state index >= 15 is 0 Å². The van der Waals surface area contributed by atoms with Crippen LogP contribution in [0.25, 0.3) is 11.3 Å². The van der Waals surface area contributed by atoms with Gasteiger partial charge in [0.15, 0.2) is 0 Å². The van der Waals surface area contributed by atoms with Gasteiger partial charge in [0, 0.05) is 17.2 Å². The third-order valence-electron chi connectivity index (χ3n) is 4.14. The van der Waals surface area contributed by atoms with Crippen molar-refractivity contribution in [3.8, 4) is 11.3 Å². The highest BCUT2D eigenvalue weighted by Crippen LogP contribution is 2.22. The lowest BCUT2D eigenvalue weighted by Crippen LogP contribution is -2.20. The molecule has 0 unspecified atom stereocenters. The molecule has 0 aliphatic carbocycles. The van der Waals surface area contributed by atoms with Gasteiger partial charge in [-0.2, -0.15) is 5.10 Å². The van der Waals surface area contributed by atoms with Crippen LogP contribution in [0.1, 0.15) is 21.7 Å². The first kappa shape index (κ1) is 20.5. The summed E-state index contributed by atoms with van der Waals surface area (Å²) in [5.74, 6) is 0.0308. The molecular weight excluding hydrogens is 390 g/mol. The lowest BCUT2D eigenvalue weighted by atomic mass is 10.1. The van der Waals surface area contributed by atoms with Crippen LogP contribution in [0.15, 0.2) is 70.2 Å². The molecule has 0 saturated heterocycles. The van der Waals surface area contributed by atoms with Crippen LogP contribution in [-0.4, -0.2) is 30.1 Å². The van der Waals surface area contributed by atoms with Gasteiger partial charge in [0.1, 0.15) is 11.5 Å². The van der Waals surface area contributed by atoms with E-state index in [0.717, 1.165) is 5.56 Å². The van der Waals surface area contributed by atoms with E-state index in [9.17, 15) is 19.7 Å². The molecular formula is C21H17N3O6. The molecule has 0 aliphatic rings. The largest absolute Gasteiger partial charge is 0.465 e. The maximum absolute atomic E-state index is 12.0. The van der Waals surface area contributed by atoms with Crippen molar-refractivity contribution in [1.29, 1.82) is 0 Å². The Morgan fingerprint density at radius 3 is 2.57 bits per heavy atom. The minimum Gasteiger partial charge on any atom is -0.465 e. The number of hydrogen-bond donors (Lipinski definition) is 1. The molecule has 0 aliphatic heterocycles. The van der Waals surface area contributed by atoms with Crippen LogP contribution in [0.5, 0.6) is 0 Å². The summed E-state index contributed by atoms with van der Waals surface area (Å²) < 4.78 is 10.3. The average molecular weight is 407 g/mol. The number of nitrogens with one attached hydrogen (secondary N) is 1. The zero-order chi connectivity index (χ0) is 21.5. The molecule has 0 fully saturated rings. The van der Waals surface area contributed by atoms with Crippen molar-refractivity contribution >= 4 is 23.8 Å². The first-order valence-electron chi connectivity index (χ1n) is 8.80. The van der Waals surface area contributed by atoms with Gasteiger partial charge in [0.2, 0.25) is 5.91 Å². The van der Waals surface area contributed by atoms with Crippen LogP contribution >= 0.6 is 0 Å². The fourth-order valence-corrected chi connectivity index (χ4v) is 2.68.